The third-order valence-corrected chi connectivity index (χ3v) is 3.13. The number of hydrogen-bond acceptors (Lipinski definition) is 2. The molecule has 0 heterocycles. The lowest BCUT2D eigenvalue weighted by Crippen LogP contribution is -2.21. The largest absolute Gasteiger partial charge is 0.197 e. The van der Waals surface area contributed by atoms with Crippen molar-refractivity contribution in [2.75, 3.05) is 0 Å². The molecule has 1 unspecified atom stereocenters. The summed E-state index contributed by atoms with van der Waals surface area (Å²) < 4.78 is 0. The summed E-state index contributed by atoms with van der Waals surface area (Å²) in [5.41, 5.74) is -0.644. The highest BCUT2D eigenvalue weighted by Crippen LogP contribution is 2.44. The molecule has 0 bridgehead atoms. The van der Waals surface area contributed by atoms with E-state index in [1.165, 1.54) is 0 Å². The molecule has 0 aliphatic heterocycles. The van der Waals surface area contributed by atoms with Gasteiger partial charge in [-0.1, -0.05) is 26.2 Å². The van der Waals surface area contributed by atoms with Gasteiger partial charge in [-0.05, 0) is 25.2 Å². The van der Waals surface area contributed by atoms with Crippen LogP contribution in [-0.2, 0) is 0 Å². The molecular weight excluding hydrogens is 160 g/mol. The molecule has 1 saturated carbocycles. The highest BCUT2D eigenvalue weighted by molar-refractivity contribution is 5.18. The lowest BCUT2D eigenvalue weighted by molar-refractivity contribution is 0.342. The van der Waals surface area contributed by atoms with Crippen molar-refractivity contribution in [3.8, 4) is 12.1 Å². The van der Waals surface area contributed by atoms with Crippen LogP contribution >= 0.6 is 0 Å². The molecule has 70 valence electrons. The van der Waals surface area contributed by atoms with Gasteiger partial charge < -0.3 is 0 Å². The first-order valence-corrected chi connectivity index (χ1v) is 5.11. The van der Waals surface area contributed by atoms with E-state index in [9.17, 15) is 0 Å². The maximum atomic E-state index is 9.01. The van der Waals surface area contributed by atoms with Crippen LogP contribution in [0.2, 0.25) is 0 Å². The van der Waals surface area contributed by atoms with E-state index in [1.807, 2.05) is 0 Å². The molecule has 1 fully saturated rings. The first-order chi connectivity index (χ1) is 6.29. The van der Waals surface area contributed by atoms with Gasteiger partial charge in [-0.15, -0.1) is 0 Å². The smallest absolute Gasteiger partial charge is 0.146 e. The highest BCUT2D eigenvalue weighted by Gasteiger charge is 2.42. The van der Waals surface area contributed by atoms with Crippen LogP contribution in [0.5, 0.6) is 0 Å². The average Bonchev–Trinajstić information content (AvgIpc) is 2.58. The van der Waals surface area contributed by atoms with Crippen LogP contribution in [-0.4, -0.2) is 0 Å². The second-order valence-corrected chi connectivity index (χ2v) is 3.93. The maximum Gasteiger partial charge on any atom is 0.146 e. The molecule has 2 nitrogen and oxygen atoms in total. The standard InChI is InChI=1S/C11H16N2/c1-2-3-5-10-6-4-7-11(10,8-12)9-13/h10H,2-7H2,1H3. The maximum absolute atomic E-state index is 9.01. The fourth-order valence-corrected chi connectivity index (χ4v) is 2.24. The molecule has 0 amide bonds. The summed E-state index contributed by atoms with van der Waals surface area (Å²) in [6.45, 7) is 2.15. The minimum atomic E-state index is -0.644. The van der Waals surface area contributed by atoms with Gasteiger partial charge in [0.15, 0.2) is 0 Å². The van der Waals surface area contributed by atoms with Crippen LogP contribution in [0.3, 0.4) is 0 Å². The van der Waals surface area contributed by atoms with E-state index < -0.39 is 5.41 Å². The molecule has 0 N–H and O–H groups in total. The van der Waals surface area contributed by atoms with Crippen molar-refractivity contribution in [3.05, 3.63) is 0 Å². The zero-order chi connectivity index (χ0) is 9.73. The molecule has 1 rings (SSSR count). The molecule has 2 heteroatoms. The van der Waals surface area contributed by atoms with Crippen molar-refractivity contribution < 1.29 is 0 Å². The molecule has 1 aliphatic carbocycles. The van der Waals surface area contributed by atoms with E-state index in [0.29, 0.717) is 5.92 Å². The Bertz CT molecular complexity index is 230. The van der Waals surface area contributed by atoms with Crippen molar-refractivity contribution in [1.82, 2.24) is 0 Å². The van der Waals surface area contributed by atoms with Crippen LogP contribution in [0.15, 0.2) is 0 Å². The van der Waals surface area contributed by atoms with Gasteiger partial charge >= 0.3 is 0 Å². The number of hydrogen-bond donors (Lipinski definition) is 0. The van der Waals surface area contributed by atoms with Crippen LogP contribution in [0.4, 0.5) is 0 Å². The van der Waals surface area contributed by atoms with Gasteiger partial charge in [0.05, 0.1) is 12.1 Å². The third kappa shape index (κ3) is 1.83. The number of unbranched alkanes of at least 4 members (excludes halogenated alkanes) is 1. The van der Waals surface area contributed by atoms with Gasteiger partial charge in [0.2, 0.25) is 0 Å². The van der Waals surface area contributed by atoms with Crippen molar-refractivity contribution in [2.45, 2.75) is 45.4 Å². The van der Waals surface area contributed by atoms with Crippen LogP contribution < -0.4 is 0 Å². The molecule has 1 aliphatic rings. The fourth-order valence-electron chi connectivity index (χ4n) is 2.24. The molecule has 0 spiro atoms. The summed E-state index contributed by atoms with van der Waals surface area (Å²) in [5.74, 6) is 0.336. The highest BCUT2D eigenvalue weighted by atomic mass is 14.5. The molecule has 0 aromatic carbocycles. The zero-order valence-corrected chi connectivity index (χ0v) is 8.21. The fraction of sp³-hybridized carbons (Fsp3) is 0.818. The van der Waals surface area contributed by atoms with E-state index in [2.05, 4.69) is 19.1 Å². The normalized spacial score (nSPS) is 25.0. The van der Waals surface area contributed by atoms with Crippen molar-refractivity contribution in [3.63, 3.8) is 0 Å². The van der Waals surface area contributed by atoms with E-state index in [-0.39, 0.29) is 0 Å². The average molecular weight is 176 g/mol. The van der Waals surface area contributed by atoms with Crippen LogP contribution in [0.1, 0.15) is 45.4 Å². The molecule has 0 aromatic heterocycles. The van der Waals surface area contributed by atoms with Crippen molar-refractivity contribution >= 4 is 0 Å². The van der Waals surface area contributed by atoms with E-state index in [0.717, 1.165) is 38.5 Å². The molecule has 0 saturated heterocycles. The summed E-state index contributed by atoms with van der Waals surface area (Å²) >= 11 is 0. The second kappa shape index (κ2) is 4.28. The number of nitriles is 2. The Morgan fingerprint density at radius 3 is 2.62 bits per heavy atom. The molecule has 0 aromatic rings. The third-order valence-electron chi connectivity index (χ3n) is 3.13. The first-order valence-electron chi connectivity index (χ1n) is 5.11. The minimum Gasteiger partial charge on any atom is -0.197 e. The van der Waals surface area contributed by atoms with Gasteiger partial charge in [0.1, 0.15) is 5.41 Å². The zero-order valence-electron chi connectivity index (χ0n) is 8.21. The Labute approximate surface area is 80.2 Å². The Kier molecular flexibility index (Phi) is 3.32. The lowest BCUT2D eigenvalue weighted by atomic mass is 9.78. The first kappa shape index (κ1) is 10.1. The van der Waals surface area contributed by atoms with E-state index in [1.54, 1.807) is 0 Å². The van der Waals surface area contributed by atoms with Gasteiger partial charge in [0.25, 0.3) is 0 Å². The van der Waals surface area contributed by atoms with Crippen LogP contribution in [0, 0.1) is 34.0 Å². The van der Waals surface area contributed by atoms with Gasteiger partial charge in [-0.25, -0.2) is 0 Å². The minimum absolute atomic E-state index is 0.336. The van der Waals surface area contributed by atoms with E-state index >= 15 is 0 Å². The number of nitrogens with zero attached hydrogens (tertiary/aromatic N) is 2. The van der Waals surface area contributed by atoms with Gasteiger partial charge in [0, 0.05) is 0 Å². The second-order valence-electron chi connectivity index (χ2n) is 3.93. The summed E-state index contributed by atoms with van der Waals surface area (Å²) in [6, 6.07) is 4.45. The predicted molar refractivity (Wildman–Crippen MR) is 50.5 cm³/mol. The Balaban J connectivity index is 2.64. The Morgan fingerprint density at radius 1 is 1.38 bits per heavy atom. The molecular formula is C11H16N2. The monoisotopic (exact) mass is 176 g/mol. The summed E-state index contributed by atoms with van der Waals surface area (Å²) in [4.78, 5) is 0. The summed E-state index contributed by atoms with van der Waals surface area (Å²) in [5, 5.41) is 18.0. The molecule has 1 atom stereocenters. The predicted octanol–water partition coefficient (Wildman–Crippen LogP) is 3.01. The Hall–Kier alpha value is -1.02. The van der Waals surface area contributed by atoms with Crippen molar-refractivity contribution in [1.29, 1.82) is 10.5 Å². The Morgan fingerprint density at radius 2 is 2.08 bits per heavy atom. The molecule has 0 radical (unpaired) electrons. The topological polar surface area (TPSA) is 47.6 Å². The van der Waals surface area contributed by atoms with Crippen molar-refractivity contribution in [2.24, 2.45) is 11.3 Å². The number of rotatable bonds is 3. The van der Waals surface area contributed by atoms with E-state index in [4.69, 9.17) is 10.5 Å². The SMILES string of the molecule is CCCCC1CCCC1(C#N)C#N. The molecule has 13 heavy (non-hydrogen) atoms. The lowest BCUT2D eigenvalue weighted by Gasteiger charge is -2.20. The quantitative estimate of drug-likeness (QED) is 0.663. The summed E-state index contributed by atoms with van der Waals surface area (Å²) in [6.07, 6.45) is 6.27. The van der Waals surface area contributed by atoms with Gasteiger partial charge in [-0.2, -0.15) is 10.5 Å². The van der Waals surface area contributed by atoms with Gasteiger partial charge in [-0.3, -0.25) is 0 Å². The summed E-state index contributed by atoms with van der Waals surface area (Å²) in [7, 11) is 0. The van der Waals surface area contributed by atoms with Crippen LogP contribution in [0.25, 0.3) is 0 Å².